The molecule has 0 unspecified atom stereocenters. The zero-order valence-corrected chi connectivity index (χ0v) is 22.8. The summed E-state index contributed by atoms with van der Waals surface area (Å²) in [6.45, 7) is 1.90. The Kier molecular flexibility index (Phi) is 11.9. The minimum absolute atomic E-state index is 0.00280. The van der Waals surface area contributed by atoms with Crippen molar-refractivity contribution < 1.29 is 63.3 Å². The van der Waals surface area contributed by atoms with Crippen LogP contribution >= 0.6 is 0 Å². The number of carboxylic acid groups (broad SMARTS) is 1. The topological polar surface area (TPSA) is 218 Å². The lowest BCUT2D eigenvalue weighted by Crippen LogP contribution is -2.61. The Bertz CT molecular complexity index is 1170. The maximum Gasteiger partial charge on any atom is 0.335 e. The first-order valence-corrected chi connectivity index (χ1v) is 13.2. The molecule has 15 heteroatoms. The number of aliphatic carboxylic acids is 1. The molecule has 15 nitrogen and oxygen atoms in total. The molecule has 5 atom stereocenters. The highest BCUT2D eigenvalue weighted by molar-refractivity contribution is 6.13. The summed E-state index contributed by atoms with van der Waals surface area (Å²) in [7, 11) is 0. The number of amides is 3. The highest BCUT2D eigenvalue weighted by Gasteiger charge is 2.48. The van der Waals surface area contributed by atoms with Crippen molar-refractivity contribution in [2.75, 3.05) is 26.3 Å². The van der Waals surface area contributed by atoms with Crippen LogP contribution in [0.25, 0.3) is 0 Å². The van der Waals surface area contributed by atoms with Crippen LogP contribution in [0, 0.1) is 0 Å². The number of carbonyl (C=O) groups is 5. The summed E-state index contributed by atoms with van der Waals surface area (Å²) in [5.74, 6) is -3.19. The van der Waals surface area contributed by atoms with Gasteiger partial charge >= 0.3 is 11.9 Å². The molecule has 0 saturated carbocycles. The van der Waals surface area contributed by atoms with Gasteiger partial charge in [0.05, 0.1) is 6.61 Å². The third kappa shape index (κ3) is 9.06. The first kappa shape index (κ1) is 32.6. The Balaban J connectivity index is 1.45. The lowest BCUT2D eigenvalue weighted by atomic mass is 9.99. The van der Waals surface area contributed by atoms with E-state index in [4.69, 9.17) is 18.9 Å². The van der Waals surface area contributed by atoms with Crippen molar-refractivity contribution >= 4 is 29.7 Å². The normalized spacial score (nSPS) is 23.6. The number of hydrogen-bond donors (Lipinski definition) is 5. The van der Waals surface area contributed by atoms with Gasteiger partial charge in [0.2, 0.25) is 12.2 Å². The van der Waals surface area contributed by atoms with Gasteiger partial charge in [-0.25, -0.2) is 4.79 Å². The van der Waals surface area contributed by atoms with Crippen LogP contribution in [0.4, 0.5) is 0 Å². The number of nitrogens with one attached hydrogen (secondary N) is 1. The molecule has 3 amide bonds. The highest BCUT2D eigenvalue weighted by Crippen LogP contribution is 2.28. The lowest BCUT2D eigenvalue weighted by Gasteiger charge is -2.38. The van der Waals surface area contributed by atoms with Gasteiger partial charge < -0.3 is 44.7 Å². The maximum atomic E-state index is 11.9. The molecule has 1 aromatic carbocycles. The molecule has 42 heavy (non-hydrogen) atoms. The standard InChI is InChI=1S/C27H34N2O13/c1-15(30)40-14-17-13-16(4-5-18(17)41-27-24(36)22(34)23(35)25(42-27)26(37)38)3-2-11-39-12-9-28-19(31)8-10-29-20(32)6-7-21(29)33/h4-7,13,22-25,27,34-36H,2-3,8-12,14H2,1H3,(H,28,31)(H,37,38)/t22-,23-,24+,25-,27+/m0/s1. The number of aryl methyl sites for hydroxylation is 1. The molecule has 0 spiro atoms. The number of aliphatic hydroxyl groups is 3. The van der Waals surface area contributed by atoms with E-state index in [0.717, 1.165) is 22.6 Å². The van der Waals surface area contributed by atoms with E-state index in [1.807, 2.05) is 0 Å². The maximum absolute atomic E-state index is 11.9. The van der Waals surface area contributed by atoms with Crippen LogP contribution in [-0.4, -0.2) is 112 Å². The fourth-order valence-electron chi connectivity index (χ4n) is 4.17. The second-order valence-corrected chi connectivity index (χ2v) is 9.55. The summed E-state index contributed by atoms with van der Waals surface area (Å²) in [5, 5.41) is 42.0. The van der Waals surface area contributed by atoms with E-state index in [9.17, 15) is 44.4 Å². The Morgan fingerprint density at radius 1 is 1.02 bits per heavy atom. The molecule has 3 rings (SSSR count). The molecule has 1 aromatic rings. The molecule has 5 N–H and O–H groups in total. The Morgan fingerprint density at radius 3 is 2.40 bits per heavy atom. The van der Waals surface area contributed by atoms with Crippen LogP contribution in [0.15, 0.2) is 30.4 Å². The molecule has 230 valence electrons. The number of imide groups is 1. The zero-order valence-electron chi connectivity index (χ0n) is 22.8. The summed E-state index contributed by atoms with van der Waals surface area (Å²) in [6.07, 6.45) is -5.45. The molecule has 2 heterocycles. The molecule has 0 aliphatic carbocycles. The number of ether oxygens (including phenoxy) is 4. The van der Waals surface area contributed by atoms with E-state index in [-0.39, 0.29) is 44.4 Å². The van der Waals surface area contributed by atoms with Crippen LogP contribution < -0.4 is 10.1 Å². The number of nitrogens with zero attached hydrogens (tertiary/aromatic N) is 1. The van der Waals surface area contributed by atoms with Crippen LogP contribution in [0.5, 0.6) is 5.75 Å². The Hall–Kier alpha value is -3.89. The monoisotopic (exact) mass is 594 g/mol. The van der Waals surface area contributed by atoms with Gasteiger partial charge in [0.1, 0.15) is 30.7 Å². The van der Waals surface area contributed by atoms with Crippen molar-refractivity contribution in [2.24, 2.45) is 0 Å². The number of hydrogen-bond acceptors (Lipinski definition) is 12. The average molecular weight is 595 g/mol. The second kappa shape index (κ2) is 15.4. The van der Waals surface area contributed by atoms with E-state index < -0.39 is 54.5 Å². The number of esters is 1. The van der Waals surface area contributed by atoms with Gasteiger partial charge in [-0.2, -0.15) is 0 Å². The van der Waals surface area contributed by atoms with Crippen molar-refractivity contribution in [3.05, 3.63) is 41.5 Å². The van der Waals surface area contributed by atoms with Crippen molar-refractivity contribution in [2.45, 2.75) is 63.5 Å². The molecule has 0 radical (unpaired) electrons. The second-order valence-electron chi connectivity index (χ2n) is 9.55. The molecule has 1 saturated heterocycles. The van der Waals surface area contributed by atoms with Crippen LogP contribution in [-0.2, 0) is 51.2 Å². The van der Waals surface area contributed by atoms with Crippen LogP contribution in [0.3, 0.4) is 0 Å². The van der Waals surface area contributed by atoms with Gasteiger partial charge in [-0.3, -0.25) is 24.1 Å². The van der Waals surface area contributed by atoms with Crippen LogP contribution in [0.2, 0.25) is 0 Å². The lowest BCUT2D eigenvalue weighted by molar-refractivity contribution is -0.271. The van der Waals surface area contributed by atoms with E-state index in [0.29, 0.717) is 25.0 Å². The molecule has 0 aromatic heterocycles. The summed E-state index contributed by atoms with van der Waals surface area (Å²) >= 11 is 0. The molecule has 1 fully saturated rings. The third-order valence-electron chi connectivity index (χ3n) is 6.40. The smallest absolute Gasteiger partial charge is 0.335 e. The van der Waals surface area contributed by atoms with Gasteiger partial charge in [-0.15, -0.1) is 0 Å². The van der Waals surface area contributed by atoms with Crippen molar-refractivity contribution in [1.29, 1.82) is 0 Å². The predicted octanol–water partition coefficient (Wildman–Crippen LogP) is -1.60. The molecule has 2 aliphatic rings. The number of rotatable bonds is 15. The summed E-state index contributed by atoms with van der Waals surface area (Å²) in [5.41, 5.74) is 1.22. The summed E-state index contributed by atoms with van der Waals surface area (Å²) < 4.78 is 21.4. The van der Waals surface area contributed by atoms with Gasteiger partial charge in [0.25, 0.3) is 11.8 Å². The first-order chi connectivity index (χ1) is 20.0. The van der Waals surface area contributed by atoms with Gasteiger partial charge in [0, 0.05) is 50.8 Å². The van der Waals surface area contributed by atoms with Crippen molar-refractivity contribution in [1.82, 2.24) is 10.2 Å². The van der Waals surface area contributed by atoms with E-state index in [1.165, 1.54) is 13.0 Å². The van der Waals surface area contributed by atoms with Crippen LogP contribution in [0.1, 0.15) is 30.9 Å². The summed E-state index contributed by atoms with van der Waals surface area (Å²) in [4.78, 5) is 58.6. The minimum atomic E-state index is -1.87. The quantitative estimate of drug-likeness (QED) is 0.0879. The fraction of sp³-hybridized carbons (Fsp3) is 0.519. The molecule has 2 aliphatic heterocycles. The van der Waals surface area contributed by atoms with Gasteiger partial charge in [-0.05, 0) is 30.5 Å². The largest absolute Gasteiger partial charge is 0.479 e. The van der Waals surface area contributed by atoms with Gasteiger partial charge in [0.15, 0.2) is 6.10 Å². The van der Waals surface area contributed by atoms with E-state index in [2.05, 4.69) is 5.32 Å². The third-order valence-corrected chi connectivity index (χ3v) is 6.40. The molecular formula is C27H34N2O13. The van der Waals surface area contributed by atoms with E-state index in [1.54, 1.807) is 12.1 Å². The average Bonchev–Trinajstić information content (AvgIpc) is 3.27. The number of benzene rings is 1. The number of carbonyl (C=O) groups excluding carboxylic acids is 4. The Morgan fingerprint density at radius 2 is 1.74 bits per heavy atom. The SMILES string of the molecule is CC(=O)OCc1cc(CCCOCCNC(=O)CCN2C(=O)C=CC2=O)ccc1O[C@@H]1O[C@H](C(=O)O)[C@@H](O)[C@H](O)[C@H]1O. The Labute approximate surface area is 240 Å². The number of carboxylic acids is 1. The highest BCUT2D eigenvalue weighted by atomic mass is 16.7. The fourth-order valence-corrected chi connectivity index (χ4v) is 4.17. The van der Waals surface area contributed by atoms with E-state index >= 15 is 0 Å². The first-order valence-electron chi connectivity index (χ1n) is 13.2. The predicted molar refractivity (Wildman–Crippen MR) is 139 cm³/mol. The molecular weight excluding hydrogens is 560 g/mol. The van der Waals surface area contributed by atoms with Crippen molar-refractivity contribution in [3.8, 4) is 5.75 Å². The molecule has 0 bridgehead atoms. The minimum Gasteiger partial charge on any atom is -0.479 e. The van der Waals surface area contributed by atoms with Crippen molar-refractivity contribution in [3.63, 3.8) is 0 Å². The zero-order chi connectivity index (χ0) is 30.8. The summed E-state index contributed by atoms with van der Waals surface area (Å²) in [6, 6.07) is 4.92. The number of aliphatic hydroxyl groups excluding tert-OH is 3. The van der Waals surface area contributed by atoms with Gasteiger partial charge in [-0.1, -0.05) is 6.07 Å².